The third-order valence-electron chi connectivity index (χ3n) is 7.96. The summed E-state index contributed by atoms with van der Waals surface area (Å²) in [6, 6.07) is 17.9. The Morgan fingerprint density at radius 3 is 0.828 bits per heavy atom. The van der Waals surface area contributed by atoms with E-state index >= 15 is 0 Å². The van der Waals surface area contributed by atoms with Crippen molar-refractivity contribution in [3.8, 4) is 0 Å². The Kier molecular flexibility index (Phi) is 15.9. The van der Waals surface area contributed by atoms with Gasteiger partial charge in [0.25, 0.3) is 0 Å². The van der Waals surface area contributed by atoms with E-state index in [1.54, 1.807) is 98.7 Å². The first-order valence-electron chi connectivity index (χ1n) is 18.9. The summed E-state index contributed by atoms with van der Waals surface area (Å²) in [5, 5.41) is 8.22. The molecule has 0 bridgehead atoms. The van der Waals surface area contributed by atoms with Crippen LogP contribution in [-0.2, 0) is 43.0 Å². The molecule has 3 atom stereocenters. The highest BCUT2D eigenvalue weighted by molar-refractivity contribution is 5.98. The summed E-state index contributed by atoms with van der Waals surface area (Å²) in [6.07, 6.45) is -0.870. The molecule has 0 saturated carbocycles. The van der Waals surface area contributed by atoms with Crippen molar-refractivity contribution in [2.24, 2.45) is 17.2 Å². The summed E-state index contributed by atoms with van der Waals surface area (Å²) >= 11 is 0. The van der Waals surface area contributed by atoms with Crippen molar-refractivity contribution < 1.29 is 43.0 Å². The van der Waals surface area contributed by atoms with Crippen molar-refractivity contribution >= 4 is 52.7 Å². The molecule has 0 aliphatic heterocycles. The van der Waals surface area contributed by atoms with Gasteiger partial charge in [-0.15, -0.1) is 0 Å². The minimum absolute atomic E-state index is 0.290. The first kappa shape index (κ1) is 46.7. The SMILES string of the molecule is CC(C)(C)OC(=O)C[C@H](N)C(=O)Nc1ccc(C(c2ccc(NC(=O)[C@@H](N)CC(=O)OC(C)(C)C)cc2)c2ccc(NC(=O)[C@@H](N)CC(=O)OC(C)(C)C)cc2)cc1. The Morgan fingerprint density at radius 2 is 0.638 bits per heavy atom. The standard InChI is InChI=1S/C43H58N6O9/c1-41(2,3)56-34(50)22-31(44)38(53)47-28-16-10-25(11-17-28)37(26-12-18-29(19-13-26)48-39(54)32(45)23-35(51)57-42(4,5)6)27-14-20-30(21-15-27)49-40(55)33(46)24-36(52)58-43(7,8)9/h10-21,31-33,37H,22-24,44-46H2,1-9H3,(H,47,53)(H,48,54)(H,49,55)/t31-,32-,33-/m0/s1. The highest BCUT2D eigenvalue weighted by atomic mass is 16.6. The Hall–Kier alpha value is -5.64. The number of hydrogen-bond donors (Lipinski definition) is 6. The van der Waals surface area contributed by atoms with Crippen LogP contribution in [0.1, 0.15) is 104 Å². The van der Waals surface area contributed by atoms with Gasteiger partial charge in [0.15, 0.2) is 0 Å². The normalized spacial score (nSPS) is 13.4. The maximum Gasteiger partial charge on any atom is 0.308 e. The van der Waals surface area contributed by atoms with Crippen molar-refractivity contribution in [3.63, 3.8) is 0 Å². The van der Waals surface area contributed by atoms with E-state index in [4.69, 9.17) is 31.4 Å². The van der Waals surface area contributed by atoms with Gasteiger partial charge in [-0.3, -0.25) is 28.8 Å². The molecule has 3 amide bonds. The molecule has 15 nitrogen and oxygen atoms in total. The van der Waals surface area contributed by atoms with Gasteiger partial charge in [-0.1, -0.05) is 36.4 Å². The fourth-order valence-electron chi connectivity index (χ4n) is 5.53. The van der Waals surface area contributed by atoms with Gasteiger partial charge in [0, 0.05) is 23.0 Å². The summed E-state index contributed by atoms with van der Waals surface area (Å²) in [4.78, 5) is 75.1. The minimum atomic E-state index is -1.13. The number of esters is 3. The molecule has 3 rings (SSSR count). The van der Waals surface area contributed by atoms with E-state index in [-0.39, 0.29) is 25.2 Å². The van der Waals surface area contributed by atoms with Crippen LogP contribution >= 0.6 is 0 Å². The number of hydrogen-bond acceptors (Lipinski definition) is 12. The zero-order chi connectivity index (χ0) is 43.6. The molecule has 3 aromatic carbocycles. The van der Waals surface area contributed by atoms with Crippen LogP contribution in [0.3, 0.4) is 0 Å². The summed E-state index contributed by atoms with van der Waals surface area (Å²) in [6.45, 7) is 15.5. The van der Waals surface area contributed by atoms with E-state index in [1.807, 2.05) is 36.4 Å². The average Bonchev–Trinajstić information content (AvgIpc) is 3.07. The lowest BCUT2D eigenvalue weighted by Crippen LogP contribution is -2.39. The average molecular weight is 803 g/mol. The molecule has 0 heterocycles. The lowest BCUT2D eigenvalue weighted by molar-refractivity contribution is -0.156. The van der Waals surface area contributed by atoms with Crippen LogP contribution in [-0.4, -0.2) is 70.6 Å². The molecule has 58 heavy (non-hydrogen) atoms. The van der Waals surface area contributed by atoms with Crippen molar-refractivity contribution in [1.29, 1.82) is 0 Å². The summed E-state index contributed by atoms with van der Waals surface area (Å²) in [7, 11) is 0. The van der Waals surface area contributed by atoms with Gasteiger partial charge in [-0.25, -0.2) is 0 Å². The Labute approximate surface area is 340 Å². The molecule has 9 N–H and O–H groups in total. The lowest BCUT2D eigenvalue weighted by Gasteiger charge is -2.22. The number of carbonyl (C=O) groups is 6. The number of anilines is 3. The van der Waals surface area contributed by atoms with Crippen molar-refractivity contribution in [1.82, 2.24) is 0 Å². The first-order valence-corrected chi connectivity index (χ1v) is 18.9. The van der Waals surface area contributed by atoms with Gasteiger partial charge in [0.05, 0.1) is 37.4 Å². The van der Waals surface area contributed by atoms with Gasteiger partial charge in [0.1, 0.15) is 16.8 Å². The quantitative estimate of drug-likeness (QED) is 0.0686. The predicted molar refractivity (Wildman–Crippen MR) is 221 cm³/mol. The number of nitrogens with one attached hydrogen (secondary N) is 3. The van der Waals surface area contributed by atoms with Crippen molar-refractivity contribution in [2.45, 2.75) is 122 Å². The highest BCUT2D eigenvalue weighted by Gasteiger charge is 2.26. The monoisotopic (exact) mass is 802 g/mol. The number of benzene rings is 3. The lowest BCUT2D eigenvalue weighted by atomic mass is 9.85. The van der Waals surface area contributed by atoms with Crippen molar-refractivity contribution in [2.75, 3.05) is 16.0 Å². The smallest absolute Gasteiger partial charge is 0.308 e. The van der Waals surface area contributed by atoms with Crippen LogP contribution in [0.25, 0.3) is 0 Å². The number of amides is 3. The Morgan fingerprint density at radius 1 is 0.431 bits per heavy atom. The molecule has 3 aromatic rings. The number of ether oxygens (including phenoxy) is 3. The fourth-order valence-corrected chi connectivity index (χ4v) is 5.53. The molecule has 0 aliphatic carbocycles. The summed E-state index contributed by atoms with van der Waals surface area (Å²) in [5.41, 5.74) is 19.7. The number of carbonyl (C=O) groups excluding carboxylic acids is 6. The molecule has 0 fully saturated rings. The second-order valence-corrected chi connectivity index (χ2v) is 17.0. The molecule has 15 heteroatoms. The fraction of sp³-hybridized carbons (Fsp3) is 0.442. The molecule has 314 valence electrons. The number of nitrogens with two attached hydrogens (primary N) is 3. The molecule has 0 saturated heterocycles. The van der Waals surface area contributed by atoms with Crippen LogP contribution in [0, 0.1) is 0 Å². The zero-order valence-electron chi connectivity index (χ0n) is 34.8. The largest absolute Gasteiger partial charge is 0.460 e. The van der Waals surface area contributed by atoms with Gasteiger partial charge in [-0.05, 0) is 115 Å². The molecule has 0 unspecified atom stereocenters. The van der Waals surface area contributed by atoms with E-state index in [0.29, 0.717) is 17.1 Å². The second kappa shape index (κ2) is 19.7. The van der Waals surface area contributed by atoms with Gasteiger partial charge in [-0.2, -0.15) is 0 Å². The van der Waals surface area contributed by atoms with Crippen LogP contribution in [0.15, 0.2) is 72.8 Å². The van der Waals surface area contributed by atoms with E-state index in [1.165, 1.54) is 0 Å². The molecule has 0 radical (unpaired) electrons. The Bertz CT molecular complexity index is 1690. The molecule has 0 aromatic heterocycles. The summed E-state index contributed by atoms with van der Waals surface area (Å²) in [5.74, 6) is -3.80. The van der Waals surface area contributed by atoms with Crippen molar-refractivity contribution in [3.05, 3.63) is 89.5 Å². The van der Waals surface area contributed by atoms with Crippen LogP contribution in [0.4, 0.5) is 17.1 Å². The maximum atomic E-state index is 12.8. The molecular weight excluding hydrogens is 745 g/mol. The maximum absolute atomic E-state index is 12.8. The zero-order valence-corrected chi connectivity index (χ0v) is 34.8. The summed E-state index contributed by atoms with van der Waals surface area (Å²) < 4.78 is 15.8. The van der Waals surface area contributed by atoms with E-state index in [0.717, 1.165) is 16.7 Å². The van der Waals surface area contributed by atoms with E-state index < -0.39 is 70.6 Å². The minimum Gasteiger partial charge on any atom is -0.460 e. The van der Waals surface area contributed by atoms with Gasteiger partial charge < -0.3 is 47.4 Å². The Balaban J connectivity index is 1.84. The highest BCUT2D eigenvalue weighted by Crippen LogP contribution is 2.34. The molecule has 0 aliphatic rings. The van der Waals surface area contributed by atoms with Crippen LogP contribution in [0.5, 0.6) is 0 Å². The van der Waals surface area contributed by atoms with Gasteiger partial charge in [0.2, 0.25) is 17.7 Å². The predicted octanol–water partition coefficient (Wildman–Crippen LogP) is 4.86. The third kappa shape index (κ3) is 16.1. The van der Waals surface area contributed by atoms with Crippen LogP contribution < -0.4 is 33.2 Å². The van der Waals surface area contributed by atoms with Crippen LogP contribution in [0.2, 0.25) is 0 Å². The number of rotatable bonds is 15. The van der Waals surface area contributed by atoms with Gasteiger partial charge >= 0.3 is 17.9 Å². The second-order valence-electron chi connectivity index (χ2n) is 17.0. The molecular formula is C43H58N6O9. The topological polar surface area (TPSA) is 244 Å². The third-order valence-corrected chi connectivity index (χ3v) is 7.96. The first-order chi connectivity index (χ1) is 26.8. The van der Waals surface area contributed by atoms with E-state index in [2.05, 4.69) is 16.0 Å². The molecule has 0 spiro atoms. The van der Waals surface area contributed by atoms with E-state index in [9.17, 15) is 28.8 Å².